The zero-order valence-corrected chi connectivity index (χ0v) is 9.72. The van der Waals surface area contributed by atoms with Crippen LogP contribution >= 0.6 is 0 Å². The lowest BCUT2D eigenvalue weighted by atomic mass is 9.91. The van der Waals surface area contributed by atoms with Crippen molar-refractivity contribution < 1.29 is 9.63 Å². The molecule has 1 fully saturated rings. The number of aliphatic hydroxyl groups is 1. The van der Waals surface area contributed by atoms with Crippen LogP contribution < -0.4 is 0 Å². The molecular formula is C11H19N3O2. The number of aromatic nitrogens is 2. The van der Waals surface area contributed by atoms with Crippen LogP contribution in [0.25, 0.3) is 0 Å². The van der Waals surface area contributed by atoms with Crippen molar-refractivity contribution >= 4 is 0 Å². The van der Waals surface area contributed by atoms with E-state index < -0.39 is 0 Å². The summed E-state index contributed by atoms with van der Waals surface area (Å²) in [6.07, 6.45) is 4.51. The minimum absolute atomic E-state index is 0.189. The molecule has 0 aromatic carbocycles. The molecule has 1 heterocycles. The molecule has 0 unspecified atom stereocenters. The summed E-state index contributed by atoms with van der Waals surface area (Å²) < 4.78 is 5.07. The summed E-state index contributed by atoms with van der Waals surface area (Å²) in [4.78, 5) is 6.53. The van der Waals surface area contributed by atoms with E-state index in [0.717, 1.165) is 12.2 Å². The van der Waals surface area contributed by atoms with Gasteiger partial charge in [0.1, 0.15) is 0 Å². The SMILES string of the molecule is CCc1nc(CN(CCO)C2CCC2)no1. The Morgan fingerprint density at radius 2 is 2.31 bits per heavy atom. The average molecular weight is 225 g/mol. The molecule has 1 aliphatic carbocycles. The summed E-state index contributed by atoms with van der Waals surface area (Å²) in [5, 5.41) is 13.0. The maximum Gasteiger partial charge on any atom is 0.226 e. The summed E-state index contributed by atoms with van der Waals surface area (Å²) in [6.45, 7) is 3.57. The van der Waals surface area contributed by atoms with Gasteiger partial charge in [0.2, 0.25) is 5.89 Å². The Hall–Kier alpha value is -0.940. The summed E-state index contributed by atoms with van der Waals surface area (Å²) in [5.74, 6) is 1.42. The molecule has 2 rings (SSSR count). The van der Waals surface area contributed by atoms with Crippen LogP contribution in [0.3, 0.4) is 0 Å². The highest BCUT2D eigenvalue weighted by Crippen LogP contribution is 2.25. The van der Waals surface area contributed by atoms with E-state index in [1.165, 1.54) is 19.3 Å². The van der Waals surface area contributed by atoms with Gasteiger partial charge in [-0.25, -0.2) is 0 Å². The monoisotopic (exact) mass is 225 g/mol. The highest BCUT2D eigenvalue weighted by molar-refractivity contribution is 4.89. The van der Waals surface area contributed by atoms with Crippen LogP contribution in [0.1, 0.15) is 37.9 Å². The maximum atomic E-state index is 9.03. The second-order valence-corrected chi connectivity index (χ2v) is 4.24. The number of aryl methyl sites for hydroxylation is 1. The van der Waals surface area contributed by atoms with Crippen LogP contribution in [-0.2, 0) is 13.0 Å². The molecule has 0 atom stereocenters. The number of aliphatic hydroxyl groups excluding tert-OH is 1. The average Bonchev–Trinajstić information content (AvgIpc) is 2.63. The third kappa shape index (κ3) is 2.59. The van der Waals surface area contributed by atoms with Gasteiger partial charge in [0, 0.05) is 19.0 Å². The minimum Gasteiger partial charge on any atom is -0.395 e. The summed E-state index contributed by atoms with van der Waals surface area (Å²) in [6, 6.07) is 0.593. The van der Waals surface area contributed by atoms with E-state index in [1.807, 2.05) is 6.92 Å². The molecule has 16 heavy (non-hydrogen) atoms. The molecule has 1 saturated carbocycles. The van der Waals surface area contributed by atoms with Crippen molar-refractivity contribution in [1.29, 1.82) is 0 Å². The molecule has 0 amide bonds. The van der Waals surface area contributed by atoms with Gasteiger partial charge < -0.3 is 9.63 Å². The second-order valence-electron chi connectivity index (χ2n) is 4.24. The molecule has 1 aliphatic rings. The first-order valence-electron chi connectivity index (χ1n) is 6.00. The quantitative estimate of drug-likeness (QED) is 0.782. The zero-order valence-electron chi connectivity index (χ0n) is 9.72. The molecule has 1 aromatic heterocycles. The van der Waals surface area contributed by atoms with Crippen LogP contribution in [0.15, 0.2) is 4.52 Å². The van der Waals surface area contributed by atoms with Gasteiger partial charge in [0.15, 0.2) is 5.82 Å². The predicted molar refractivity (Wildman–Crippen MR) is 58.8 cm³/mol. The summed E-state index contributed by atoms with van der Waals surface area (Å²) in [7, 11) is 0. The molecule has 0 radical (unpaired) electrons. The predicted octanol–water partition coefficient (Wildman–Crippen LogP) is 0.979. The Morgan fingerprint density at radius 1 is 1.50 bits per heavy atom. The van der Waals surface area contributed by atoms with Crippen molar-refractivity contribution in [2.45, 2.75) is 45.2 Å². The van der Waals surface area contributed by atoms with Gasteiger partial charge >= 0.3 is 0 Å². The fraction of sp³-hybridized carbons (Fsp3) is 0.818. The molecule has 5 nitrogen and oxygen atoms in total. The molecule has 0 spiro atoms. The van der Waals surface area contributed by atoms with Gasteiger partial charge in [-0.15, -0.1) is 0 Å². The molecule has 0 saturated heterocycles. The Morgan fingerprint density at radius 3 is 2.81 bits per heavy atom. The topological polar surface area (TPSA) is 62.4 Å². The van der Waals surface area contributed by atoms with Gasteiger partial charge in [-0.1, -0.05) is 18.5 Å². The van der Waals surface area contributed by atoms with E-state index in [9.17, 15) is 0 Å². The number of rotatable bonds is 6. The standard InChI is InChI=1S/C11H19N3O2/c1-2-11-12-10(13-16-11)8-14(6-7-15)9-4-3-5-9/h9,15H,2-8H2,1H3. The third-order valence-corrected chi connectivity index (χ3v) is 3.14. The van der Waals surface area contributed by atoms with Crippen LogP contribution in [0.5, 0.6) is 0 Å². The minimum atomic E-state index is 0.189. The van der Waals surface area contributed by atoms with E-state index >= 15 is 0 Å². The molecule has 1 N–H and O–H groups in total. The van der Waals surface area contributed by atoms with Crippen molar-refractivity contribution in [3.05, 3.63) is 11.7 Å². The molecule has 0 aliphatic heterocycles. The van der Waals surface area contributed by atoms with Crippen molar-refractivity contribution in [2.24, 2.45) is 0 Å². The lowest BCUT2D eigenvalue weighted by molar-refractivity contribution is 0.0912. The molecular weight excluding hydrogens is 206 g/mol. The Labute approximate surface area is 95.4 Å². The maximum absolute atomic E-state index is 9.03. The van der Waals surface area contributed by atoms with E-state index in [4.69, 9.17) is 9.63 Å². The van der Waals surface area contributed by atoms with Gasteiger partial charge in [0.25, 0.3) is 0 Å². The fourth-order valence-electron chi connectivity index (χ4n) is 1.95. The lowest BCUT2D eigenvalue weighted by Crippen LogP contribution is -2.41. The van der Waals surface area contributed by atoms with Crippen LogP contribution in [0.4, 0.5) is 0 Å². The largest absolute Gasteiger partial charge is 0.395 e. The first kappa shape index (κ1) is 11.5. The fourth-order valence-corrected chi connectivity index (χ4v) is 1.95. The van der Waals surface area contributed by atoms with E-state index in [-0.39, 0.29) is 6.61 Å². The van der Waals surface area contributed by atoms with E-state index in [1.54, 1.807) is 0 Å². The highest BCUT2D eigenvalue weighted by atomic mass is 16.5. The molecule has 0 bridgehead atoms. The van der Waals surface area contributed by atoms with Gasteiger partial charge in [-0.2, -0.15) is 4.98 Å². The first-order valence-corrected chi connectivity index (χ1v) is 6.00. The smallest absolute Gasteiger partial charge is 0.226 e. The first-order chi connectivity index (χ1) is 7.83. The van der Waals surface area contributed by atoms with Crippen LogP contribution in [0, 0.1) is 0 Å². The summed E-state index contributed by atoms with van der Waals surface area (Å²) >= 11 is 0. The van der Waals surface area contributed by atoms with Crippen molar-refractivity contribution in [3.63, 3.8) is 0 Å². The number of hydrogen-bond acceptors (Lipinski definition) is 5. The number of nitrogens with zero attached hydrogens (tertiary/aromatic N) is 3. The van der Waals surface area contributed by atoms with Gasteiger partial charge in [-0.3, -0.25) is 4.90 Å². The summed E-state index contributed by atoms with van der Waals surface area (Å²) in [5.41, 5.74) is 0. The van der Waals surface area contributed by atoms with Crippen molar-refractivity contribution in [1.82, 2.24) is 15.0 Å². The normalized spacial score (nSPS) is 16.7. The zero-order chi connectivity index (χ0) is 11.4. The van der Waals surface area contributed by atoms with Crippen molar-refractivity contribution in [2.75, 3.05) is 13.2 Å². The Bertz CT molecular complexity index is 323. The van der Waals surface area contributed by atoms with Gasteiger partial charge in [0.05, 0.1) is 13.2 Å². The van der Waals surface area contributed by atoms with Crippen molar-refractivity contribution in [3.8, 4) is 0 Å². The molecule has 1 aromatic rings. The van der Waals surface area contributed by atoms with E-state index in [2.05, 4.69) is 15.0 Å². The third-order valence-electron chi connectivity index (χ3n) is 3.14. The molecule has 90 valence electrons. The molecule has 5 heteroatoms. The highest BCUT2D eigenvalue weighted by Gasteiger charge is 2.25. The second kappa shape index (κ2) is 5.41. The van der Waals surface area contributed by atoms with Crippen LogP contribution in [0.2, 0.25) is 0 Å². The Balaban J connectivity index is 1.93. The van der Waals surface area contributed by atoms with Crippen LogP contribution in [-0.4, -0.2) is 39.3 Å². The lowest BCUT2D eigenvalue weighted by Gasteiger charge is -2.36. The Kier molecular flexibility index (Phi) is 3.90. The van der Waals surface area contributed by atoms with E-state index in [0.29, 0.717) is 25.0 Å². The van der Waals surface area contributed by atoms with Gasteiger partial charge in [-0.05, 0) is 12.8 Å². The number of hydrogen-bond donors (Lipinski definition) is 1.